The molecule has 6 nitrogen and oxygen atoms in total. The Morgan fingerprint density at radius 2 is 1.78 bits per heavy atom. The lowest BCUT2D eigenvalue weighted by Crippen LogP contribution is -2.47. The molecule has 1 N–H and O–H groups in total. The van der Waals surface area contributed by atoms with Crippen LogP contribution in [0.1, 0.15) is 27.1 Å². The summed E-state index contributed by atoms with van der Waals surface area (Å²) in [5.74, 6) is -0.00476. The molecule has 140 valence electrons. The number of carbonyl (C=O) groups excluding carboxylic acids is 3. The topological polar surface area (TPSA) is 75.7 Å². The van der Waals surface area contributed by atoms with Gasteiger partial charge < -0.3 is 10.1 Å². The number of anilines is 1. The molecule has 1 aliphatic rings. The largest absolute Gasteiger partial charge is 0.497 e. The maximum absolute atomic E-state index is 12.9. The predicted molar refractivity (Wildman–Crippen MR) is 105 cm³/mol. The second kappa shape index (κ2) is 8.26. The van der Waals surface area contributed by atoms with Gasteiger partial charge >= 0.3 is 0 Å². The van der Waals surface area contributed by atoms with Gasteiger partial charge in [0.15, 0.2) is 0 Å². The summed E-state index contributed by atoms with van der Waals surface area (Å²) in [5.41, 5.74) is 1.22. The molecule has 0 spiro atoms. The summed E-state index contributed by atoms with van der Waals surface area (Å²) in [5, 5.41) is 2.80. The molecule has 2 aromatic rings. The summed E-state index contributed by atoms with van der Waals surface area (Å²) in [4.78, 5) is 39.6. The Balaban J connectivity index is 1.86. The van der Waals surface area contributed by atoms with E-state index >= 15 is 0 Å². The van der Waals surface area contributed by atoms with E-state index in [9.17, 15) is 14.4 Å². The fourth-order valence-electron chi connectivity index (χ4n) is 3.02. The van der Waals surface area contributed by atoms with Gasteiger partial charge in [0, 0.05) is 11.8 Å². The van der Waals surface area contributed by atoms with Gasteiger partial charge in [-0.05, 0) is 42.7 Å². The summed E-state index contributed by atoms with van der Waals surface area (Å²) in [7, 11) is 1.54. The molecule has 0 bridgehead atoms. The Kier molecular flexibility index (Phi) is 5.81. The first-order valence-corrected chi connectivity index (χ1v) is 9.87. The molecule has 0 radical (unpaired) electrons. The molecular weight excluding hydrogens is 364 g/mol. The third-order valence-corrected chi connectivity index (χ3v) is 5.02. The van der Waals surface area contributed by atoms with E-state index in [0.29, 0.717) is 34.7 Å². The number of hydrogen-bond acceptors (Lipinski definition) is 5. The van der Waals surface area contributed by atoms with E-state index in [-0.39, 0.29) is 0 Å². The van der Waals surface area contributed by atoms with Crippen LogP contribution in [0.4, 0.5) is 5.69 Å². The zero-order valence-electron chi connectivity index (χ0n) is 15.1. The standard InChI is InChI=1S/C20H20N2O4S/c1-26-14-7-5-6-13(12-14)21-18(23)17(10-11-27-2)22-19(24)15-8-3-4-9-16(15)20(22)25/h3-9,12,17H,10-11H2,1-2H3,(H,21,23)/t17-/m0/s1. The minimum absolute atomic E-state index is 0.339. The van der Waals surface area contributed by atoms with Gasteiger partial charge in [-0.3, -0.25) is 19.3 Å². The number of fused-ring (bicyclic) bond motifs is 1. The summed E-state index contributed by atoms with van der Waals surface area (Å²) in [6, 6.07) is 12.7. The zero-order valence-corrected chi connectivity index (χ0v) is 15.9. The van der Waals surface area contributed by atoms with Crippen LogP contribution in [0.5, 0.6) is 5.75 Å². The van der Waals surface area contributed by atoms with Crippen molar-refractivity contribution < 1.29 is 19.1 Å². The number of rotatable bonds is 7. The minimum Gasteiger partial charge on any atom is -0.497 e. The monoisotopic (exact) mass is 384 g/mol. The summed E-state index contributed by atoms with van der Waals surface area (Å²) >= 11 is 1.56. The molecule has 0 unspecified atom stereocenters. The number of nitrogens with one attached hydrogen (secondary N) is 1. The smallest absolute Gasteiger partial charge is 0.262 e. The van der Waals surface area contributed by atoms with Crippen LogP contribution in [0.25, 0.3) is 0 Å². The number of hydrogen-bond donors (Lipinski definition) is 1. The molecule has 2 aromatic carbocycles. The van der Waals surface area contributed by atoms with Crippen molar-refractivity contribution in [3.8, 4) is 5.75 Å². The molecule has 0 aromatic heterocycles. The molecule has 27 heavy (non-hydrogen) atoms. The van der Waals surface area contributed by atoms with E-state index in [1.807, 2.05) is 6.26 Å². The maximum atomic E-state index is 12.9. The number of methoxy groups -OCH3 is 1. The van der Waals surface area contributed by atoms with Crippen molar-refractivity contribution in [3.05, 3.63) is 59.7 Å². The second-order valence-corrected chi connectivity index (χ2v) is 7.03. The van der Waals surface area contributed by atoms with Crippen LogP contribution < -0.4 is 10.1 Å². The van der Waals surface area contributed by atoms with E-state index in [0.717, 1.165) is 4.90 Å². The molecule has 0 saturated heterocycles. The zero-order chi connectivity index (χ0) is 19.4. The average Bonchev–Trinajstić information content (AvgIpc) is 2.94. The summed E-state index contributed by atoms with van der Waals surface area (Å²) < 4.78 is 5.16. The third-order valence-electron chi connectivity index (χ3n) is 4.37. The van der Waals surface area contributed by atoms with Gasteiger partial charge in [0.2, 0.25) is 5.91 Å². The Morgan fingerprint density at radius 1 is 1.11 bits per heavy atom. The predicted octanol–water partition coefficient (Wildman–Crippen LogP) is 3.05. The van der Waals surface area contributed by atoms with E-state index in [2.05, 4.69) is 5.32 Å². The van der Waals surface area contributed by atoms with Crippen LogP contribution in [-0.4, -0.2) is 47.8 Å². The van der Waals surface area contributed by atoms with Crippen molar-refractivity contribution in [3.63, 3.8) is 0 Å². The van der Waals surface area contributed by atoms with Crippen molar-refractivity contribution in [2.45, 2.75) is 12.5 Å². The number of ether oxygens (including phenoxy) is 1. The molecule has 1 atom stereocenters. The highest BCUT2D eigenvalue weighted by Gasteiger charge is 2.42. The average molecular weight is 384 g/mol. The van der Waals surface area contributed by atoms with Crippen LogP contribution in [0.2, 0.25) is 0 Å². The summed E-state index contributed by atoms with van der Waals surface area (Å²) in [6.45, 7) is 0. The molecule has 7 heteroatoms. The quantitative estimate of drug-likeness (QED) is 0.743. The first kappa shape index (κ1) is 19.0. The van der Waals surface area contributed by atoms with Crippen molar-refractivity contribution in [1.82, 2.24) is 4.90 Å². The van der Waals surface area contributed by atoms with Gasteiger partial charge in [0.05, 0.1) is 18.2 Å². The minimum atomic E-state index is -0.879. The molecule has 1 heterocycles. The van der Waals surface area contributed by atoms with Gasteiger partial charge in [-0.1, -0.05) is 18.2 Å². The Bertz CT molecular complexity index is 849. The molecule has 3 rings (SSSR count). The van der Waals surface area contributed by atoms with Gasteiger partial charge in [0.25, 0.3) is 11.8 Å². The number of thioether (sulfide) groups is 1. The number of carbonyl (C=O) groups is 3. The number of imide groups is 1. The van der Waals surface area contributed by atoms with E-state index in [4.69, 9.17) is 4.74 Å². The Hall–Kier alpha value is -2.80. The van der Waals surface area contributed by atoms with E-state index in [1.165, 1.54) is 0 Å². The Morgan fingerprint density at radius 3 is 2.37 bits per heavy atom. The van der Waals surface area contributed by atoms with E-state index < -0.39 is 23.8 Å². The lowest BCUT2D eigenvalue weighted by molar-refractivity contribution is -0.120. The highest BCUT2D eigenvalue weighted by molar-refractivity contribution is 7.98. The molecule has 3 amide bonds. The van der Waals surface area contributed by atoms with Crippen molar-refractivity contribution in [1.29, 1.82) is 0 Å². The summed E-state index contributed by atoms with van der Waals surface area (Å²) in [6.07, 6.45) is 2.29. The first-order valence-electron chi connectivity index (χ1n) is 8.47. The fourth-order valence-corrected chi connectivity index (χ4v) is 3.48. The van der Waals surface area contributed by atoms with Crippen molar-refractivity contribution >= 4 is 35.2 Å². The number of nitrogens with zero attached hydrogens (tertiary/aromatic N) is 1. The molecular formula is C20H20N2O4S. The lowest BCUT2D eigenvalue weighted by atomic mass is 10.1. The SMILES string of the molecule is COc1cccc(NC(=O)[C@H](CCSC)N2C(=O)c3ccccc3C2=O)c1. The lowest BCUT2D eigenvalue weighted by Gasteiger charge is -2.25. The van der Waals surface area contributed by atoms with Crippen LogP contribution in [0.15, 0.2) is 48.5 Å². The number of amides is 3. The van der Waals surface area contributed by atoms with Crippen LogP contribution >= 0.6 is 11.8 Å². The maximum Gasteiger partial charge on any atom is 0.262 e. The van der Waals surface area contributed by atoms with Crippen molar-refractivity contribution in [2.24, 2.45) is 0 Å². The van der Waals surface area contributed by atoms with Crippen LogP contribution in [-0.2, 0) is 4.79 Å². The highest BCUT2D eigenvalue weighted by Crippen LogP contribution is 2.27. The first-order chi connectivity index (χ1) is 13.1. The van der Waals surface area contributed by atoms with Crippen molar-refractivity contribution in [2.75, 3.05) is 24.4 Å². The van der Waals surface area contributed by atoms with Crippen LogP contribution in [0.3, 0.4) is 0 Å². The van der Waals surface area contributed by atoms with Gasteiger partial charge in [-0.2, -0.15) is 11.8 Å². The normalized spacial score (nSPS) is 14.1. The third kappa shape index (κ3) is 3.83. The van der Waals surface area contributed by atoms with Gasteiger partial charge in [0.1, 0.15) is 11.8 Å². The molecule has 1 aliphatic heterocycles. The molecule has 0 saturated carbocycles. The molecule has 0 aliphatic carbocycles. The molecule has 0 fully saturated rings. The van der Waals surface area contributed by atoms with Gasteiger partial charge in [-0.25, -0.2) is 0 Å². The number of benzene rings is 2. The fraction of sp³-hybridized carbons (Fsp3) is 0.250. The van der Waals surface area contributed by atoms with E-state index in [1.54, 1.807) is 67.4 Å². The van der Waals surface area contributed by atoms with Gasteiger partial charge in [-0.15, -0.1) is 0 Å². The highest BCUT2D eigenvalue weighted by atomic mass is 32.2. The second-order valence-electron chi connectivity index (χ2n) is 6.04. The van der Waals surface area contributed by atoms with Crippen LogP contribution in [0, 0.1) is 0 Å². The Labute approximate surface area is 161 Å².